The zero-order valence-electron chi connectivity index (χ0n) is 11.1. The van der Waals surface area contributed by atoms with E-state index in [0.717, 1.165) is 0 Å². The van der Waals surface area contributed by atoms with E-state index in [-0.39, 0.29) is 12.8 Å². The minimum atomic E-state index is -1.75. The lowest BCUT2D eigenvalue weighted by Gasteiger charge is -2.25. The monoisotopic (exact) mass is 302 g/mol. The largest absolute Gasteiger partial charge is 0.390 e. The van der Waals surface area contributed by atoms with E-state index >= 15 is 0 Å². The molecule has 6 heteroatoms. The molecular formula is C14H19ClO5. The van der Waals surface area contributed by atoms with E-state index in [1.54, 1.807) is 31.2 Å². The van der Waals surface area contributed by atoms with Gasteiger partial charge < -0.3 is 20.4 Å². The van der Waals surface area contributed by atoms with Crippen LogP contribution in [0.4, 0.5) is 0 Å². The summed E-state index contributed by atoms with van der Waals surface area (Å²) in [6, 6.07) is 6.50. The van der Waals surface area contributed by atoms with Crippen molar-refractivity contribution in [3.05, 3.63) is 34.9 Å². The second kappa shape index (κ2) is 7.71. The smallest absolute Gasteiger partial charge is 0.168 e. The van der Waals surface area contributed by atoms with Crippen LogP contribution < -0.4 is 0 Å². The molecule has 0 spiro atoms. The number of Topliss-reactive ketones (excluding diaryl/α,β-unsaturated/α-hetero) is 1. The lowest BCUT2D eigenvalue weighted by atomic mass is 9.96. The van der Waals surface area contributed by atoms with Gasteiger partial charge in [-0.25, -0.2) is 0 Å². The third-order valence-electron chi connectivity index (χ3n) is 3.11. The number of rotatable bonds is 7. The van der Waals surface area contributed by atoms with Gasteiger partial charge in [0.1, 0.15) is 18.3 Å². The summed E-state index contributed by atoms with van der Waals surface area (Å²) in [5.41, 5.74) is 0.635. The first kappa shape index (κ1) is 17.1. The molecule has 0 aliphatic carbocycles. The Morgan fingerprint density at radius 1 is 1.10 bits per heavy atom. The van der Waals surface area contributed by atoms with Gasteiger partial charge in [0.15, 0.2) is 5.78 Å². The van der Waals surface area contributed by atoms with E-state index in [1.807, 2.05) is 0 Å². The van der Waals surface area contributed by atoms with E-state index < -0.39 is 30.2 Å². The normalized spacial score (nSPS) is 17.3. The third-order valence-corrected chi connectivity index (χ3v) is 3.36. The van der Waals surface area contributed by atoms with E-state index in [0.29, 0.717) is 10.6 Å². The number of halogens is 1. The second-order valence-electron chi connectivity index (χ2n) is 4.67. The van der Waals surface area contributed by atoms with Crippen LogP contribution in [0.5, 0.6) is 0 Å². The van der Waals surface area contributed by atoms with Gasteiger partial charge in [-0.1, -0.05) is 30.7 Å². The molecule has 0 saturated heterocycles. The number of carbonyl (C=O) groups is 1. The Labute approximate surface area is 122 Å². The van der Waals surface area contributed by atoms with E-state index in [9.17, 15) is 25.2 Å². The molecule has 1 aromatic carbocycles. The number of benzene rings is 1. The highest BCUT2D eigenvalue weighted by atomic mass is 35.5. The molecule has 4 N–H and O–H groups in total. The average molecular weight is 303 g/mol. The molecule has 0 fully saturated rings. The highest BCUT2D eigenvalue weighted by molar-refractivity contribution is 6.30. The highest BCUT2D eigenvalue weighted by Crippen LogP contribution is 2.13. The first-order valence-corrected chi connectivity index (χ1v) is 6.74. The molecule has 5 nitrogen and oxygen atoms in total. The maximum Gasteiger partial charge on any atom is 0.168 e. The summed E-state index contributed by atoms with van der Waals surface area (Å²) in [4.78, 5) is 11.8. The van der Waals surface area contributed by atoms with Gasteiger partial charge in [0.2, 0.25) is 0 Å². The molecule has 0 amide bonds. The molecule has 0 radical (unpaired) electrons. The fourth-order valence-corrected chi connectivity index (χ4v) is 1.88. The molecule has 0 saturated carbocycles. The maximum absolute atomic E-state index is 11.8. The predicted molar refractivity (Wildman–Crippen MR) is 74.5 cm³/mol. The van der Waals surface area contributed by atoms with Gasteiger partial charge in [-0.3, -0.25) is 4.79 Å². The molecule has 4 atom stereocenters. The Morgan fingerprint density at radius 2 is 1.65 bits per heavy atom. The van der Waals surface area contributed by atoms with Crippen molar-refractivity contribution in [2.24, 2.45) is 0 Å². The molecule has 1 aromatic rings. The molecular weight excluding hydrogens is 284 g/mol. The maximum atomic E-state index is 11.8. The highest BCUT2D eigenvalue weighted by Gasteiger charge is 2.33. The second-order valence-corrected chi connectivity index (χ2v) is 5.11. The van der Waals surface area contributed by atoms with Crippen LogP contribution in [0.1, 0.15) is 18.9 Å². The SMILES string of the molecule is CC[C@@H](O)[C@@H](O)[C@H](O)[C@@H](O)C(=O)Cc1ccc(Cl)cc1. The van der Waals surface area contributed by atoms with Crippen LogP contribution in [-0.2, 0) is 11.2 Å². The zero-order valence-corrected chi connectivity index (χ0v) is 11.9. The van der Waals surface area contributed by atoms with Crippen LogP contribution in [0.2, 0.25) is 5.02 Å². The molecule has 0 aromatic heterocycles. The van der Waals surface area contributed by atoms with Crippen molar-refractivity contribution in [2.45, 2.75) is 44.2 Å². The predicted octanol–water partition coefficient (Wildman–Crippen LogP) is 0.305. The van der Waals surface area contributed by atoms with Gasteiger partial charge in [-0.05, 0) is 24.1 Å². The fraction of sp³-hybridized carbons (Fsp3) is 0.500. The Balaban J connectivity index is 2.64. The fourth-order valence-electron chi connectivity index (χ4n) is 1.75. The zero-order chi connectivity index (χ0) is 15.3. The Kier molecular flexibility index (Phi) is 6.58. The number of hydrogen-bond donors (Lipinski definition) is 4. The van der Waals surface area contributed by atoms with Gasteiger partial charge >= 0.3 is 0 Å². The first-order valence-electron chi connectivity index (χ1n) is 6.36. The molecule has 112 valence electrons. The number of ketones is 1. The summed E-state index contributed by atoms with van der Waals surface area (Å²) >= 11 is 5.72. The van der Waals surface area contributed by atoms with Gasteiger partial charge in [-0.15, -0.1) is 0 Å². The first-order chi connectivity index (χ1) is 9.36. The quantitative estimate of drug-likeness (QED) is 0.581. The standard InChI is InChI=1S/C14H19ClO5/c1-2-10(16)12(18)14(20)13(19)11(17)7-8-3-5-9(15)6-4-8/h3-6,10,12-14,16,18-20H,2,7H2,1H3/t10-,12-,13+,14+/m1/s1. The van der Waals surface area contributed by atoms with E-state index in [4.69, 9.17) is 11.6 Å². The van der Waals surface area contributed by atoms with Crippen LogP contribution in [0.25, 0.3) is 0 Å². The molecule has 0 aliphatic heterocycles. The number of aliphatic hydroxyl groups is 4. The Bertz CT molecular complexity index is 434. The number of hydrogen-bond acceptors (Lipinski definition) is 5. The van der Waals surface area contributed by atoms with Crippen LogP contribution in [0.3, 0.4) is 0 Å². The molecule has 20 heavy (non-hydrogen) atoms. The van der Waals surface area contributed by atoms with Crippen LogP contribution >= 0.6 is 11.6 Å². The van der Waals surface area contributed by atoms with Gasteiger partial charge in [0.05, 0.1) is 6.10 Å². The number of carbonyl (C=O) groups excluding carboxylic acids is 1. The lowest BCUT2D eigenvalue weighted by molar-refractivity contribution is -0.144. The van der Waals surface area contributed by atoms with Crippen LogP contribution in [0, 0.1) is 0 Å². The molecule has 0 aliphatic rings. The number of aliphatic hydroxyl groups excluding tert-OH is 4. The lowest BCUT2D eigenvalue weighted by Crippen LogP contribution is -2.47. The van der Waals surface area contributed by atoms with Crippen molar-refractivity contribution in [1.82, 2.24) is 0 Å². The van der Waals surface area contributed by atoms with Gasteiger partial charge in [0, 0.05) is 11.4 Å². The van der Waals surface area contributed by atoms with Crippen molar-refractivity contribution >= 4 is 17.4 Å². The van der Waals surface area contributed by atoms with Gasteiger partial charge in [0.25, 0.3) is 0 Å². The molecule has 0 heterocycles. The summed E-state index contributed by atoms with van der Waals surface area (Å²) in [6.07, 6.45) is -6.11. The van der Waals surface area contributed by atoms with Crippen LogP contribution in [0.15, 0.2) is 24.3 Å². The molecule has 0 unspecified atom stereocenters. The van der Waals surface area contributed by atoms with E-state index in [1.165, 1.54) is 0 Å². The summed E-state index contributed by atoms with van der Waals surface area (Å²) in [7, 11) is 0. The van der Waals surface area contributed by atoms with Crippen molar-refractivity contribution in [2.75, 3.05) is 0 Å². The third kappa shape index (κ3) is 4.54. The van der Waals surface area contributed by atoms with Crippen LogP contribution in [-0.4, -0.2) is 50.6 Å². The Morgan fingerprint density at radius 3 is 2.15 bits per heavy atom. The molecule has 0 bridgehead atoms. The molecule has 1 rings (SSSR count). The topological polar surface area (TPSA) is 98.0 Å². The summed E-state index contributed by atoms with van der Waals surface area (Å²) < 4.78 is 0. The van der Waals surface area contributed by atoms with Gasteiger partial charge in [-0.2, -0.15) is 0 Å². The Hall–Kier alpha value is -0.980. The van der Waals surface area contributed by atoms with Crippen molar-refractivity contribution in [3.8, 4) is 0 Å². The summed E-state index contributed by atoms with van der Waals surface area (Å²) in [6.45, 7) is 1.61. The van der Waals surface area contributed by atoms with Crippen molar-refractivity contribution in [3.63, 3.8) is 0 Å². The minimum absolute atomic E-state index is 0.0929. The average Bonchev–Trinajstić information content (AvgIpc) is 2.46. The summed E-state index contributed by atoms with van der Waals surface area (Å²) in [5, 5.41) is 38.9. The van der Waals surface area contributed by atoms with E-state index in [2.05, 4.69) is 0 Å². The summed E-state index contributed by atoms with van der Waals surface area (Å²) in [5.74, 6) is -0.637. The van der Waals surface area contributed by atoms with Crippen molar-refractivity contribution < 1.29 is 25.2 Å². The van der Waals surface area contributed by atoms with Crippen molar-refractivity contribution in [1.29, 1.82) is 0 Å². The minimum Gasteiger partial charge on any atom is -0.390 e.